The molecular weight excluding hydrogens is 344 g/mol. The fraction of sp³-hybridized carbons (Fsp3) is 0.412. The molecule has 2 aliphatic heterocycles. The van der Waals surface area contributed by atoms with Gasteiger partial charge in [-0.1, -0.05) is 23.7 Å². The highest BCUT2D eigenvalue weighted by molar-refractivity contribution is 7.85. The molecule has 126 valence electrons. The lowest BCUT2D eigenvalue weighted by molar-refractivity contribution is 0.499. The normalized spacial score (nSPS) is 21.2. The number of nitrogens with zero attached hydrogens (tertiary/aromatic N) is 3. The average Bonchev–Trinajstić information content (AvgIpc) is 2.62. The third-order valence-electron chi connectivity index (χ3n) is 4.69. The Labute approximate surface area is 148 Å². The highest BCUT2D eigenvalue weighted by Gasteiger charge is 2.24. The van der Waals surface area contributed by atoms with E-state index in [9.17, 15) is 4.21 Å². The summed E-state index contributed by atoms with van der Waals surface area (Å²) in [5, 5.41) is 4.01. The molecule has 1 aromatic carbocycles. The molecule has 1 N–H and O–H groups in total. The number of rotatable bonds is 2. The van der Waals surface area contributed by atoms with Gasteiger partial charge in [0.05, 0.1) is 21.9 Å². The van der Waals surface area contributed by atoms with Crippen LogP contribution in [-0.2, 0) is 10.8 Å². The van der Waals surface area contributed by atoms with E-state index in [4.69, 9.17) is 11.6 Å². The largest absolute Gasteiger partial charge is 0.368 e. The lowest BCUT2D eigenvalue weighted by Gasteiger charge is -2.32. The number of hydrogen-bond donors (Lipinski definition) is 1. The Balaban J connectivity index is 1.46. The van der Waals surface area contributed by atoms with E-state index >= 15 is 0 Å². The first kappa shape index (κ1) is 15.8. The monoisotopic (exact) mass is 362 g/mol. The molecule has 1 fully saturated rings. The van der Waals surface area contributed by atoms with E-state index in [0.29, 0.717) is 18.2 Å². The van der Waals surface area contributed by atoms with Gasteiger partial charge < -0.3 is 10.2 Å². The Morgan fingerprint density at radius 2 is 1.96 bits per heavy atom. The molecule has 0 unspecified atom stereocenters. The second kappa shape index (κ2) is 6.69. The Morgan fingerprint density at radius 3 is 2.71 bits per heavy atom. The van der Waals surface area contributed by atoms with Gasteiger partial charge >= 0.3 is 0 Å². The Hall–Kier alpha value is -1.66. The minimum absolute atomic E-state index is 0.557. The predicted octanol–water partition coefficient (Wildman–Crippen LogP) is 3.05. The van der Waals surface area contributed by atoms with Crippen molar-refractivity contribution in [1.29, 1.82) is 0 Å². The molecule has 7 heteroatoms. The van der Waals surface area contributed by atoms with Gasteiger partial charge in [0.1, 0.15) is 5.82 Å². The molecule has 0 spiro atoms. The fourth-order valence-electron chi connectivity index (χ4n) is 3.33. The molecule has 2 aliphatic rings. The first-order valence-corrected chi connectivity index (χ1v) is 9.90. The molecular formula is C17H19ClN4OS. The predicted molar refractivity (Wildman–Crippen MR) is 97.4 cm³/mol. The maximum Gasteiger partial charge on any atom is 0.227 e. The summed E-state index contributed by atoms with van der Waals surface area (Å²) in [5.74, 6) is 2.64. The van der Waals surface area contributed by atoms with Crippen LogP contribution in [0.2, 0.25) is 5.02 Å². The minimum Gasteiger partial charge on any atom is -0.368 e. The lowest BCUT2D eigenvalue weighted by Crippen LogP contribution is -2.34. The Kier molecular flexibility index (Phi) is 4.41. The first-order chi connectivity index (χ1) is 11.7. The van der Waals surface area contributed by atoms with Gasteiger partial charge in [-0.2, -0.15) is 4.98 Å². The number of hydrogen-bond acceptors (Lipinski definition) is 5. The molecule has 0 bridgehead atoms. The van der Waals surface area contributed by atoms with Crippen LogP contribution < -0.4 is 10.2 Å². The van der Waals surface area contributed by atoms with Crippen LogP contribution in [0.25, 0.3) is 0 Å². The van der Waals surface area contributed by atoms with Crippen molar-refractivity contribution in [2.45, 2.75) is 23.7 Å². The molecule has 0 aliphatic carbocycles. The summed E-state index contributed by atoms with van der Waals surface area (Å²) in [6.07, 6.45) is 3.86. The van der Waals surface area contributed by atoms with Crippen LogP contribution in [0.5, 0.6) is 0 Å². The highest BCUT2D eigenvalue weighted by Crippen LogP contribution is 2.31. The number of piperidine rings is 1. The van der Waals surface area contributed by atoms with E-state index in [2.05, 4.69) is 32.3 Å². The second-order valence-corrected chi connectivity index (χ2v) is 8.15. The molecule has 2 aromatic rings. The summed E-state index contributed by atoms with van der Waals surface area (Å²) in [6.45, 7) is 2.55. The molecule has 1 saturated heterocycles. The molecule has 3 heterocycles. The van der Waals surface area contributed by atoms with Gasteiger partial charge in [-0.25, -0.2) is 4.98 Å². The summed E-state index contributed by atoms with van der Waals surface area (Å²) in [4.78, 5) is 12.0. The van der Waals surface area contributed by atoms with Gasteiger partial charge in [-0.15, -0.1) is 0 Å². The van der Waals surface area contributed by atoms with Gasteiger partial charge in [0.15, 0.2) is 0 Å². The van der Waals surface area contributed by atoms with Crippen molar-refractivity contribution in [3.8, 4) is 0 Å². The molecule has 24 heavy (non-hydrogen) atoms. The van der Waals surface area contributed by atoms with Gasteiger partial charge in [0.2, 0.25) is 5.95 Å². The fourth-order valence-corrected chi connectivity index (χ4v) is 4.46. The van der Waals surface area contributed by atoms with Crippen molar-refractivity contribution in [3.05, 3.63) is 41.0 Å². The summed E-state index contributed by atoms with van der Waals surface area (Å²) in [6, 6.07) is 8.16. The number of fused-ring (bicyclic) bond motifs is 1. The number of halogens is 1. The van der Waals surface area contributed by atoms with E-state index in [1.54, 1.807) is 6.20 Å². The number of aromatic nitrogens is 2. The average molecular weight is 363 g/mol. The Morgan fingerprint density at radius 1 is 1.21 bits per heavy atom. The Bertz CT molecular complexity index is 760. The second-order valence-electron chi connectivity index (χ2n) is 6.17. The van der Waals surface area contributed by atoms with Crippen molar-refractivity contribution in [3.63, 3.8) is 0 Å². The maximum absolute atomic E-state index is 12.0. The quantitative estimate of drug-likeness (QED) is 0.889. The third kappa shape index (κ3) is 3.13. The summed E-state index contributed by atoms with van der Waals surface area (Å²) in [7, 11) is -0.978. The van der Waals surface area contributed by atoms with Crippen molar-refractivity contribution in [2.75, 3.05) is 35.6 Å². The van der Waals surface area contributed by atoms with Crippen molar-refractivity contribution in [1.82, 2.24) is 9.97 Å². The summed E-state index contributed by atoms with van der Waals surface area (Å²) < 4.78 is 12.0. The van der Waals surface area contributed by atoms with Crippen LogP contribution in [0.15, 0.2) is 35.4 Å². The SMILES string of the molecule is O=[S@@]1CCNc2nc(N3CCC(c4ccc(Cl)cc4)CC3)ncc21. The van der Waals surface area contributed by atoms with Crippen molar-refractivity contribution in [2.24, 2.45) is 0 Å². The molecule has 0 amide bonds. The van der Waals surface area contributed by atoms with Crippen LogP contribution in [0, 0.1) is 0 Å². The summed E-state index contributed by atoms with van der Waals surface area (Å²) in [5.41, 5.74) is 1.35. The van der Waals surface area contributed by atoms with Crippen LogP contribution in [-0.4, -0.2) is 39.6 Å². The van der Waals surface area contributed by atoms with Gasteiger partial charge in [-0.3, -0.25) is 4.21 Å². The zero-order valence-corrected chi connectivity index (χ0v) is 14.8. The van der Waals surface area contributed by atoms with E-state index in [1.165, 1.54) is 5.56 Å². The molecule has 1 aromatic heterocycles. The molecule has 5 nitrogen and oxygen atoms in total. The summed E-state index contributed by atoms with van der Waals surface area (Å²) >= 11 is 5.97. The molecule has 1 atom stereocenters. The van der Waals surface area contributed by atoms with E-state index in [-0.39, 0.29) is 0 Å². The number of anilines is 2. The highest BCUT2D eigenvalue weighted by atomic mass is 35.5. The zero-order chi connectivity index (χ0) is 16.5. The van der Waals surface area contributed by atoms with E-state index in [1.807, 2.05) is 12.1 Å². The maximum atomic E-state index is 12.0. The van der Waals surface area contributed by atoms with E-state index in [0.717, 1.165) is 47.6 Å². The lowest BCUT2D eigenvalue weighted by atomic mass is 9.90. The van der Waals surface area contributed by atoms with Crippen molar-refractivity contribution < 1.29 is 4.21 Å². The van der Waals surface area contributed by atoms with Crippen LogP contribution in [0.4, 0.5) is 11.8 Å². The standard InChI is InChI=1S/C17H19ClN4OS/c18-14-3-1-12(2-4-14)13-5-8-22(9-6-13)17-20-11-15-16(21-17)19-7-10-24(15)23/h1-4,11,13H,5-10H2,(H,19,20,21)/t24-/m1/s1. The molecule has 0 radical (unpaired) electrons. The van der Waals surface area contributed by atoms with E-state index < -0.39 is 10.8 Å². The van der Waals surface area contributed by atoms with Crippen molar-refractivity contribution >= 4 is 34.2 Å². The van der Waals surface area contributed by atoms with Gasteiger partial charge in [0.25, 0.3) is 0 Å². The molecule has 4 rings (SSSR count). The van der Waals surface area contributed by atoms with Gasteiger partial charge in [-0.05, 0) is 36.5 Å². The zero-order valence-electron chi connectivity index (χ0n) is 13.2. The smallest absolute Gasteiger partial charge is 0.227 e. The van der Waals surface area contributed by atoms with Crippen LogP contribution >= 0.6 is 11.6 Å². The number of nitrogens with one attached hydrogen (secondary N) is 1. The minimum atomic E-state index is -0.978. The third-order valence-corrected chi connectivity index (χ3v) is 6.30. The van der Waals surface area contributed by atoms with Crippen LogP contribution in [0.1, 0.15) is 24.3 Å². The van der Waals surface area contributed by atoms with Gasteiger partial charge in [0, 0.05) is 30.4 Å². The first-order valence-electron chi connectivity index (χ1n) is 8.20. The number of benzene rings is 1. The van der Waals surface area contributed by atoms with Crippen LogP contribution in [0.3, 0.4) is 0 Å². The molecule has 0 saturated carbocycles. The topological polar surface area (TPSA) is 58.1 Å².